The topological polar surface area (TPSA) is 75.7 Å². The van der Waals surface area contributed by atoms with Gasteiger partial charge in [0.25, 0.3) is 0 Å². The van der Waals surface area contributed by atoms with Gasteiger partial charge in [-0.15, -0.1) is 0 Å². The number of hydrogen-bond donors (Lipinski definition) is 3. The number of aliphatic hydroxyl groups excluding tert-OH is 1. The smallest absolute Gasteiger partial charge is 0.161 e. The average Bonchev–Trinajstić information content (AvgIpc) is 2.19. The van der Waals surface area contributed by atoms with Gasteiger partial charge in [-0.05, 0) is 17.7 Å². The molecule has 1 aromatic rings. The van der Waals surface area contributed by atoms with E-state index in [1.54, 1.807) is 6.07 Å². The number of ether oxygens (including phenoxy) is 1. The van der Waals surface area contributed by atoms with Gasteiger partial charge in [0.1, 0.15) is 0 Å². The summed E-state index contributed by atoms with van der Waals surface area (Å²) in [6.07, 6.45) is 0. The van der Waals surface area contributed by atoms with Crippen LogP contribution in [0, 0.1) is 0 Å². The zero-order valence-electron chi connectivity index (χ0n) is 7.70. The number of phenolic OH excluding ortho intramolecular Hbond substituents is 1. The van der Waals surface area contributed by atoms with Gasteiger partial charge in [-0.1, -0.05) is 15.9 Å². The molecule has 5 heteroatoms. The molecule has 0 aliphatic carbocycles. The first kappa shape index (κ1) is 11.3. The van der Waals surface area contributed by atoms with E-state index in [2.05, 4.69) is 15.9 Å². The molecule has 0 amide bonds. The monoisotopic (exact) mass is 261 g/mol. The van der Waals surface area contributed by atoms with Gasteiger partial charge in [0.2, 0.25) is 0 Å². The third kappa shape index (κ3) is 2.17. The summed E-state index contributed by atoms with van der Waals surface area (Å²) in [5.41, 5.74) is 6.27. The minimum absolute atomic E-state index is 0.00889. The Hall–Kier alpha value is -0.780. The third-order valence-electron chi connectivity index (χ3n) is 1.89. The Morgan fingerprint density at radius 2 is 2.21 bits per heavy atom. The number of hydrogen-bond acceptors (Lipinski definition) is 4. The predicted octanol–water partition coefficient (Wildman–Crippen LogP) is 1.16. The normalized spacial score (nSPS) is 12.6. The highest BCUT2D eigenvalue weighted by Crippen LogP contribution is 2.34. The molecular formula is C9H12BrNO3. The van der Waals surface area contributed by atoms with E-state index in [0.717, 1.165) is 0 Å². The Morgan fingerprint density at radius 3 is 2.71 bits per heavy atom. The number of aliphatic hydroxyl groups is 1. The second-order valence-electron chi connectivity index (χ2n) is 2.83. The molecule has 0 fully saturated rings. The second-order valence-corrected chi connectivity index (χ2v) is 3.69. The summed E-state index contributed by atoms with van der Waals surface area (Å²) in [4.78, 5) is 0. The molecule has 0 unspecified atom stereocenters. The van der Waals surface area contributed by atoms with Crippen molar-refractivity contribution < 1.29 is 14.9 Å². The minimum Gasteiger partial charge on any atom is -0.504 e. The molecule has 1 atom stereocenters. The van der Waals surface area contributed by atoms with Crippen LogP contribution in [0.5, 0.6) is 11.5 Å². The highest BCUT2D eigenvalue weighted by atomic mass is 79.9. The van der Waals surface area contributed by atoms with Gasteiger partial charge in [-0.2, -0.15) is 0 Å². The molecule has 78 valence electrons. The van der Waals surface area contributed by atoms with Crippen LogP contribution < -0.4 is 10.5 Å². The van der Waals surface area contributed by atoms with Crippen molar-refractivity contribution >= 4 is 15.9 Å². The van der Waals surface area contributed by atoms with Crippen LogP contribution in [0.1, 0.15) is 11.6 Å². The fourth-order valence-corrected chi connectivity index (χ4v) is 1.72. The molecule has 1 rings (SSSR count). The summed E-state index contributed by atoms with van der Waals surface area (Å²) in [7, 11) is 1.47. The van der Waals surface area contributed by atoms with Crippen molar-refractivity contribution in [2.75, 3.05) is 13.7 Å². The Morgan fingerprint density at radius 1 is 1.57 bits per heavy atom. The van der Waals surface area contributed by atoms with Gasteiger partial charge in [0.15, 0.2) is 11.5 Å². The lowest BCUT2D eigenvalue weighted by Crippen LogP contribution is -2.15. The Kier molecular flexibility index (Phi) is 3.74. The highest BCUT2D eigenvalue weighted by molar-refractivity contribution is 9.10. The average molecular weight is 262 g/mol. The first-order chi connectivity index (χ1) is 6.60. The van der Waals surface area contributed by atoms with E-state index in [4.69, 9.17) is 15.6 Å². The summed E-state index contributed by atoms with van der Waals surface area (Å²) < 4.78 is 5.61. The van der Waals surface area contributed by atoms with Crippen molar-refractivity contribution in [1.82, 2.24) is 0 Å². The van der Waals surface area contributed by atoms with E-state index in [0.29, 0.717) is 15.8 Å². The number of methoxy groups -OCH3 is 1. The number of halogens is 1. The SMILES string of the molecule is COc1cc(Br)c([C@H](N)CO)cc1O. The van der Waals surface area contributed by atoms with Gasteiger partial charge >= 0.3 is 0 Å². The van der Waals surface area contributed by atoms with E-state index in [-0.39, 0.29) is 12.4 Å². The van der Waals surface area contributed by atoms with E-state index in [1.807, 2.05) is 0 Å². The lowest BCUT2D eigenvalue weighted by atomic mass is 10.1. The molecule has 0 radical (unpaired) electrons. The van der Waals surface area contributed by atoms with Crippen LogP contribution in [0.15, 0.2) is 16.6 Å². The van der Waals surface area contributed by atoms with E-state index in [1.165, 1.54) is 13.2 Å². The summed E-state index contributed by atoms with van der Waals surface area (Å²) in [6.45, 7) is -0.176. The fraction of sp³-hybridized carbons (Fsp3) is 0.333. The molecular weight excluding hydrogens is 250 g/mol. The number of nitrogens with two attached hydrogens (primary N) is 1. The largest absolute Gasteiger partial charge is 0.504 e. The van der Waals surface area contributed by atoms with Gasteiger partial charge in [0.05, 0.1) is 19.8 Å². The number of phenols is 1. The molecule has 14 heavy (non-hydrogen) atoms. The second kappa shape index (κ2) is 4.63. The molecule has 0 aromatic heterocycles. The molecule has 4 nitrogen and oxygen atoms in total. The van der Waals surface area contributed by atoms with E-state index >= 15 is 0 Å². The first-order valence-electron chi connectivity index (χ1n) is 4.03. The van der Waals surface area contributed by atoms with Crippen LogP contribution in [0.25, 0.3) is 0 Å². The van der Waals surface area contributed by atoms with Gasteiger partial charge in [-0.25, -0.2) is 0 Å². The number of benzene rings is 1. The van der Waals surface area contributed by atoms with Crippen LogP contribution in [0.2, 0.25) is 0 Å². The maximum Gasteiger partial charge on any atom is 0.161 e. The molecule has 0 saturated carbocycles. The summed E-state index contributed by atoms with van der Waals surface area (Å²) in [6, 6.07) is 2.57. The third-order valence-corrected chi connectivity index (χ3v) is 2.58. The van der Waals surface area contributed by atoms with E-state index < -0.39 is 6.04 Å². The van der Waals surface area contributed by atoms with Crippen LogP contribution >= 0.6 is 15.9 Å². The van der Waals surface area contributed by atoms with Crippen LogP contribution in [-0.4, -0.2) is 23.9 Å². The van der Waals surface area contributed by atoms with Crippen molar-refractivity contribution in [3.8, 4) is 11.5 Å². The molecule has 0 saturated heterocycles. The van der Waals surface area contributed by atoms with Crippen molar-refractivity contribution in [1.29, 1.82) is 0 Å². The van der Waals surface area contributed by atoms with Crippen LogP contribution in [-0.2, 0) is 0 Å². The predicted molar refractivity (Wildman–Crippen MR) is 56.4 cm³/mol. The Labute approximate surface area is 90.4 Å². The first-order valence-corrected chi connectivity index (χ1v) is 4.82. The Balaban J connectivity index is 3.14. The molecule has 0 aliphatic heterocycles. The van der Waals surface area contributed by atoms with Crippen molar-refractivity contribution in [2.45, 2.75) is 6.04 Å². The fourth-order valence-electron chi connectivity index (χ4n) is 1.11. The molecule has 1 aromatic carbocycles. The highest BCUT2D eigenvalue weighted by Gasteiger charge is 2.13. The zero-order valence-corrected chi connectivity index (χ0v) is 9.28. The van der Waals surface area contributed by atoms with Crippen molar-refractivity contribution in [3.63, 3.8) is 0 Å². The molecule has 0 spiro atoms. The zero-order chi connectivity index (χ0) is 10.7. The quantitative estimate of drug-likeness (QED) is 0.763. The summed E-state index contributed by atoms with van der Waals surface area (Å²) in [5.74, 6) is 0.375. The van der Waals surface area contributed by atoms with Gasteiger partial charge < -0.3 is 20.7 Å². The minimum atomic E-state index is -0.513. The van der Waals surface area contributed by atoms with Crippen molar-refractivity contribution in [2.24, 2.45) is 5.73 Å². The molecule has 4 N–H and O–H groups in total. The van der Waals surface area contributed by atoms with E-state index in [9.17, 15) is 5.11 Å². The maximum absolute atomic E-state index is 9.48. The van der Waals surface area contributed by atoms with Crippen LogP contribution in [0.3, 0.4) is 0 Å². The Bertz CT molecular complexity index is 330. The standard InChI is InChI=1S/C9H12BrNO3/c1-14-9-3-6(10)5(2-8(9)13)7(11)4-12/h2-3,7,12-13H,4,11H2,1H3/t7-/m1/s1. The summed E-state index contributed by atoms with van der Waals surface area (Å²) in [5, 5.41) is 18.3. The summed E-state index contributed by atoms with van der Waals surface area (Å²) >= 11 is 3.28. The lowest BCUT2D eigenvalue weighted by molar-refractivity contribution is 0.267. The number of aromatic hydroxyl groups is 1. The lowest BCUT2D eigenvalue weighted by Gasteiger charge is -2.13. The molecule has 0 bridgehead atoms. The number of rotatable bonds is 3. The molecule has 0 heterocycles. The maximum atomic E-state index is 9.48. The van der Waals surface area contributed by atoms with Crippen molar-refractivity contribution in [3.05, 3.63) is 22.2 Å². The molecule has 0 aliphatic rings. The van der Waals surface area contributed by atoms with Gasteiger partial charge in [0, 0.05) is 4.47 Å². The van der Waals surface area contributed by atoms with Crippen LogP contribution in [0.4, 0.5) is 0 Å². The van der Waals surface area contributed by atoms with Gasteiger partial charge in [-0.3, -0.25) is 0 Å².